The Labute approximate surface area is 138 Å². The minimum absolute atomic E-state index is 0.102. The molecule has 1 saturated carbocycles. The molecule has 0 bridgehead atoms. The monoisotopic (exact) mass is 317 g/mol. The Morgan fingerprint density at radius 3 is 2.35 bits per heavy atom. The zero-order chi connectivity index (χ0) is 16.7. The first-order chi connectivity index (χ1) is 11.1. The topological polar surface area (TPSA) is 55.4 Å². The first-order valence-electron chi connectivity index (χ1n) is 8.63. The number of esters is 1. The molecule has 1 aliphatic rings. The number of ether oxygens (including phenoxy) is 1. The van der Waals surface area contributed by atoms with Crippen LogP contribution in [0.3, 0.4) is 0 Å². The quantitative estimate of drug-likeness (QED) is 0.791. The van der Waals surface area contributed by atoms with Gasteiger partial charge >= 0.3 is 5.97 Å². The van der Waals surface area contributed by atoms with Crippen molar-refractivity contribution in [2.45, 2.75) is 51.9 Å². The molecule has 0 heterocycles. The Morgan fingerprint density at radius 2 is 1.78 bits per heavy atom. The number of amides is 1. The standard InChI is InChI=1S/C19H27NO3/c1-3-4-5-14-6-8-15(9-7-14)18(21)20-17-12-10-16(11-13-17)19(22)23-2/h10-15H,3-9H2,1-2H3,(H,20,21). The van der Waals surface area contributed by atoms with E-state index in [0.29, 0.717) is 5.56 Å². The van der Waals surface area contributed by atoms with E-state index in [4.69, 9.17) is 0 Å². The lowest BCUT2D eigenvalue weighted by atomic mass is 9.79. The zero-order valence-electron chi connectivity index (χ0n) is 14.1. The highest BCUT2D eigenvalue weighted by Crippen LogP contribution is 2.32. The van der Waals surface area contributed by atoms with Crippen molar-refractivity contribution in [1.29, 1.82) is 0 Å². The number of carbonyl (C=O) groups is 2. The van der Waals surface area contributed by atoms with Crippen molar-refractivity contribution in [3.05, 3.63) is 29.8 Å². The molecule has 1 aromatic carbocycles. The van der Waals surface area contributed by atoms with Crippen LogP contribution in [-0.4, -0.2) is 19.0 Å². The Morgan fingerprint density at radius 1 is 1.13 bits per heavy atom. The van der Waals surface area contributed by atoms with Crippen LogP contribution in [0.5, 0.6) is 0 Å². The Hall–Kier alpha value is -1.84. The SMILES string of the molecule is CCCCC1CCC(C(=O)Nc2ccc(C(=O)OC)cc2)CC1. The first kappa shape index (κ1) is 17.5. The van der Waals surface area contributed by atoms with Gasteiger partial charge in [0, 0.05) is 11.6 Å². The van der Waals surface area contributed by atoms with Gasteiger partial charge < -0.3 is 10.1 Å². The number of methoxy groups -OCH3 is 1. The number of anilines is 1. The van der Waals surface area contributed by atoms with Gasteiger partial charge in [0.25, 0.3) is 0 Å². The Bertz CT molecular complexity index is 516. The van der Waals surface area contributed by atoms with Crippen LogP contribution in [0.4, 0.5) is 5.69 Å². The molecule has 4 heteroatoms. The van der Waals surface area contributed by atoms with Crippen molar-refractivity contribution in [3.8, 4) is 0 Å². The molecule has 0 atom stereocenters. The average Bonchev–Trinajstić information content (AvgIpc) is 2.60. The van der Waals surface area contributed by atoms with E-state index in [1.165, 1.54) is 39.2 Å². The molecule has 4 nitrogen and oxygen atoms in total. The molecular formula is C19H27NO3. The van der Waals surface area contributed by atoms with E-state index in [1.54, 1.807) is 24.3 Å². The van der Waals surface area contributed by atoms with Gasteiger partial charge in [-0.05, 0) is 55.9 Å². The maximum atomic E-state index is 12.4. The lowest BCUT2D eigenvalue weighted by molar-refractivity contribution is -0.121. The maximum Gasteiger partial charge on any atom is 0.337 e. The molecule has 0 unspecified atom stereocenters. The molecular weight excluding hydrogens is 290 g/mol. The third-order valence-electron chi connectivity index (χ3n) is 4.76. The van der Waals surface area contributed by atoms with Crippen LogP contribution < -0.4 is 5.32 Å². The number of nitrogens with one attached hydrogen (secondary N) is 1. The molecule has 0 aliphatic heterocycles. The molecule has 0 saturated heterocycles. The first-order valence-corrected chi connectivity index (χ1v) is 8.63. The lowest BCUT2D eigenvalue weighted by Crippen LogP contribution is -2.27. The van der Waals surface area contributed by atoms with Crippen molar-refractivity contribution in [2.75, 3.05) is 12.4 Å². The van der Waals surface area contributed by atoms with Crippen molar-refractivity contribution >= 4 is 17.6 Å². The average molecular weight is 317 g/mol. The van der Waals surface area contributed by atoms with E-state index in [9.17, 15) is 9.59 Å². The van der Waals surface area contributed by atoms with Gasteiger partial charge in [-0.1, -0.05) is 26.2 Å². The summed E-state index contributed by atoms with van der Waals surface area (Å²) in [4.78, 5) is 23.8. The number of unbranched alkanes of at least 4 members (excludes halogenated alkanes) is 1. The number of hydrogen-bond donors (Lipinski definition) is 1. The predicted molar refractivity (Wildman–Crippen MR) is 91.4 cm³/mol. The number of carbonyl (C=O) groups excluding carboxylic acids is 2. The second-order valence-corrected chi connectivity index (χ2v) is 6.42. The summed E-state index contributed by atoms with van der Waals surface area (Å²) in [5.41, 5.74) is 1.22. The molecule has 23 heavy (non-hydrogen) atoms. The van der Waals surface area contributed by atoms with Crippen LogP contribution in [0, 0.1) is 11.8 Å². The van der Waals surface area contributed by atoms with Crippen molar-refractivity contribution in [2.24, 2.45) is 11.8 Å². The fraction of sp³-hybridized carbons (Fsp3) is 0.579. The normalized spacial score (nSPS) is 20.8. The third-order valence-corrected chi connectivity index (χ3v) is 4.76. The summed E-state index contributed by atoms with van der Waals surface area (Å²) in [6.07, 6.45) is 8.16. The van der Waals surface area contributed by atoms with Gasteiger partial charge in [0.05, 0.1) is 12.7 Å². The predicted octanol–water partition coefficient (Wildman–Crippen LogP) is 4.41. The van der Waals surface area contributed by atoms with Gasteiger partial charge in [-0.2, -0.15) is 0 Å². The van der Waals surface area contributed by atoms with E-state index in [2.05, 4.69) is 17.0 Å². The van der Waals surface area contributed by atoms with E-state index in [0.717, 1.165) is 24.4 Å². The van der Waals surface area contributed by atoms with Crippen LogP contribution in [0.2, 0.25) is 0 Å². The molecule has 1 aliphatic carbocycles. The molecule has 0 radical (unpaired) electrons. The Balaban J connectivity index is 1.82. The summed E-state index contributed by atoms with van der Waals surface area (Å²) in [6.45, 7) is 2.23. The van der Waals surface area contributed by atoms with Crippen LogP contribution in [0.15, 0.2) is 24.3 Å². The van der Waals surface area contributed by atoms with Crippen molar-refractivity contribution < 1.29 is 14.3 Å². The van der Waals surface area contributed by atoms with Crippen molar-refractivity contribution in [3.63, 3.8) is 0 Å². The zero-order valence-corrected chi connectivity index (χ0v) is 14.1. The highest BCUT2D eigenvalue weighted by molar-refractivity contribution is 5.94. The molecule has 1 N–H and O–H groups in total. The van der Waals surface area contributed by atoms with Crippen LogP contribution in [-0.2, 0) is 9.53 Å². The highest BCUT2D eigenvalue weighted by atomic mass is 16.5. The van der Waals surface area contributed by atoms with Gasteiger partial charge in [-0.15, -0.1) is 0 Å². The van der Waals surface area contributed by atoms with E-state index in [1.807, 2.05) is 0 Å². The fourth-order valence-corrected chi connectivity index (χ4v) is 3.26. The van der Waals surface area contributed by atoms with Crippen molar-refractivity contribution in [1.82, 2.24) is 0 Å². The van der Waals surface area contributed by atoms with Gasteiger partial charge in [-0.25, -0.2) is 4.79 Å². The summed E-state index contributed by atoms with van der Waals surface area (Å²) in [5.74, 6) is 0.657. The number of hydrogen-bond acceptors (Lipinski definition) is 3. The largest absolute Gasteiger partial charge is 0.465 e. The Kier molecular flexibility index (Phi) is 6.63. The van der Waals surface area contributed by atoms with Gasteiger partial charge in [-0.3, -0.25) is 4.79 Å². The van der Waals surface area contributed by atoms with Crippen LogP contribution >= 0.6 is 0 Å². The summed E-state index contributed by atoms with van der Waals surface area (Å²) in [6, 6.07) is 6.83. The number of benzene rings is 1. The van der Waals surface area contributed by atoms with E-state index in [-0.39, 0.29) is 17.8 Å². The summed E-state index contributed by atoms with van der Waals surface area (Å²) in [5, 5.41) is 2.96. The van der Waals surface area contributed by atoms with Gasteiger partial charge in [0.2, 0.25) is 5.91 Å². The smallest absolute Gasteiger partial charge is 0.337 e. The third kappa shape index (κ3) is 5.08. The second-order valence-electron chi connectivity index (χ2n) is 6.42. The minimum atomic E-state index is -0.367. The van der Waals surface area contributed by atoms with Gasteiger partial charge in [0.1, 0.15) is 0 Å². The van der Waals surface area contributed by atoms with E-state index < -0.39 is 0 Å². The minimum Gasteiger partial charge on any atom is -0.465 e. The molecule has 2 rings (SSSR count). The molecule has 1 aromatic rings. The van der Waals surface area contributed by atoms with E-state index >= 15 is 0 Å². The number of rotatable bonds is 6. The fourth-order valence-electron chi connectivity index (χ4n) is 3.26. The molecule has 1 fully saturated rings. The molecule has 126 valence electrons. The van der Waals surface area contributed by atoms with Crippen LogP contribution in [0.25, 0.3) is 0 Å². The molecule has 1 amide bonds. The molecule has 0 aromatic heterocycles. The molecule has 0 spiro atoms. The second kappa shape index (κ2) is 8.70. The lowest BCUT2D eigenvalue weighted by Gasteiger charge is -2.27. The van der Waals surface area contributed by atoms with Gasteiger partial charge in [0.15, 0.2) is 0 Å². The maximum absolute atomic E-state index is 12.4. The summed E-state index contributed by atoms with van der Waals surface area (Å²) >= 11 is 0. The highest BCUT2D eigenvalue weighted by Gasteiger charge is 2.26. The van der Waals surface area contributed by atoms with Crippen LogP contribution in [0.1, 0.15) is 62.2 Å². The summed E-state index contributed by atoms with van der Waals surface area (Å²) in [7, 11) is 1.36. The summed E-state index contributed by atoms with van der Waals surface area (Å²) < 4.78 is 4.66.